The van der Waals surface area contributed by atoms with E-state index in [0.717, 1.165) is 36.7 Å². The summed E-state index contributed by atoms with van der Waals surface area (Å²) in [7, 11) is 0. The maximum Gasteiger partial charge on any atom is 0.251 e. The zero-order valence-corrected chi connectivity index (χ0v) is 17.3. The Kier molecular flexibility index (Phi) is 6.96. The predicted octanol–water partition coefficient (Wildman–Crippen LogP) is 5.20. The van der Waals surface area contributed by atoms with Gasteiger partial charge in [-0.15, -0.1) is 0 Å². The van der Waals surface area contributed by atoms with Gasteiger partial charge in [-0.3, -0.25) is 4.79 Å². The summed E-state index contributed by atoms with van der Waals surface area (Å²) >= 11 is 0. The van der Waals surface area contributed by atoms with Gasteiger partial charge in [0.05, 0.1) is 12.6 Å². The Morgan fingerprint density at radius 3 is 2.36 bits per heavy atom. The third-order valence-electron chi connectivity index (χ3n) is 5.48. The molecular weight excluding hydrogens is 348 g/mol. The van der Waals surface area contributed by atoms with Gasteiger partial charge in [-0.2, -0.15) is 0 Å². The van der Waals surface area contributed by atoms with Gasteiger partial charge in [0.2, 0.25) is 0 Å². The number of ether oxygens (including phenoxy) is 1. The number of rotatable bonds is 7. The highest BCUT2D eigenvalue weighted by Gasteiger charge is 2.17. The van der Waals surface area contributed by atoms with Gasteiger partial charge in [0.1, 0.15) is 5.75 Å². The normalized spacial score (nSPS) is 15.9. The van der Waals surface area contributed by atoms with Crippen LogP contribution >= 0.6 is 0 Å². The van der Waals surface area contributed by atoms with Crippen LogP contribution in [0.15, 0.2) is 48.5 Å². The molecule has 2 aromatic rings. The van der Waals surface area contributed by atoms with E-state index in [-0.39, 0.29) is 11.9 Å². The van der Waals surface area contributed by atoms with Crippen LogP contribution in [0.2, 0.25) is 0 Å². The zero-order valence-electron chi connectivity index (χ0n) is 17.3. The Labute approximate surface area is 168 Å². The highest BCUT2D eigenvalue weighted by atomic mass is 16.5. The Morgan fingerprint density at radius 1 is 1.11 bits per heavy atom. The van der Waals surface area contributed by atoms with Gasteiger partial charge in [0.15, 0.2) is 0 Å². The molecule has 0 aliphatic carbocycles. The molecule has 0 unspecified atom stereocenters. The Balaban J connectivity index is 1.56. The molecule has 0 radical (unpaired) electrons. The lowest BCUT2D eigenvalue weighted by molar-refractivity contribution is 0.0940. The number of hydrogen-bond donors (Lipinski definition) is 1. The second-order valence-corrected chi connectivity index (χ2v) is 7.83. The van der Waals surface area contributed by atoms with Crippen LogP contribution < -0.4 is 15.0 Å². The summed E-state index contributed by atoms with van der Waals surface area (Å²) in [4.78, 5) is 15.0. The van der Waals surface area contributed by atoms with E-state index < -0.39 is 0 Å². The summed E-state index contributed by atoms with van der Waals surface area (Å²) in [5.74, 6) is 1.57. The van der Waals surface area contributed by atoms with E-state index in [0.29, 0.717) is 12.2 Å². The molecule has 28 heavy (non-hydrogen) atoms. The first-order chi connectivity index (χ1) is 13.6. The quantitative estimate of drug-likeness (QED) is 0.717. The molecule has 0 spiro atoms. The minimum Gasteiger partial charge on any atom is -0.494 e. The molecule has 150 valence electrons. The molecule has 4 nitrogen and oxygen atoms in total. The first-order valence-corrected chi connectivity index (χ1v) is 10.5. The van der Waals surface area contributed by atoms with E-state index in [1.807, 2.05) is 31.2 Å². The van der Waals surface area contributed by atoms with E-state index in [2.05, 4.69) is 48.3 Å². The fourth-order valence-corrected chi connectivity index (χ4v) is 3.53. The molecule has 1 saturated heterocycles. The third-order valence-corrected chi connectivity index (χ3v) is 5.48. The molecular formula is C24H32N2O2. The van der Waals surface area contributed by atoms with Gasteiger partial charge >= 0.3 is 0 Å². The van der Waals surface area contributed by atoms with Crippen molar-refractivity contribution in [2.24, 2.45) is 5.92 Å². The Hall–Kier alpha value is -2.49. The Bertz CT molecular complexity index is 747. The molecule has 0 bridgehead atoms. The van der Waals surface area contributed by atoms with Gasteiger partial charge in [-0.25, -0.2) is 0 Å². The first kappa shape index (κ1) is 20.2. The van der Waals surface area contributed by atoms with Crippen LogP contribution in [-0.4, -0.2) is 25.6 Å². The standard InChI is InChI=1S/C24H32N2O2/c1-4-17-28-23-11-7-21(8-12-23)24(27)25-19(3)20-5-9-22(10-6-20)26-15-13-18(2)14-16-26/h5-12,18-19H,4,13-17H2,1-3H3,(H,25,27)/t19-/m1/s1. The summed E-state index contributed by atoms with van der Waals surface area (Å²) in [6, 6.07) is 15.9. The maximum absolute atomic E-state index is 12.5. The highest BCUT2D eigenvalue weighted by molar-refractivity contribution is 5.94. The summed E-state index contributed by atoms with van der Waals surface area (Å²) in [5.41, 5.74) is 3.04. The van der Waals surface area contributed by atoms with Gasteiger partial charge < -0.3 is 15.0 Å². The van der Waals surface area contributed by atoms with E-state index >= 15 is 0 Å². The van der Waals surface area contributed by atoms with Gasteiger partial charge in [-0.05, 0) is 74.1 Å². The average molecular weight is 381 g/mol. The van der Waals surface area contributed by atoms with Crippen molar-refractivity contribution in [1.82, 2.24) is 5.32 Å². The van der Waals surface area contributed by atoms with E-state index in [1.54, 1.807) is 0 Å². The second kappa shape index (κ2) is 9.63. The fourth-order valence-electron chi connectivity index (χ4n) is 3.53. The summed E-state index contributed by atoms with van der Waals surface area (Å²) in [5, 5.41) is 3.09. The predicted molar refractivity (Wildman–Crippen MR) is 115 cm³/mol. The molecule has 1 N–H and O–H groups in total. The molecule has 1 fully saturated rings. The average Bonchev–Trinajstić information content (AvgIpc) is 2.73. The van der Waals surface area contributed by atoms with Gasteiger partial charge in [-0.1, -0.05) is 26.0 Å². The zero-order chi connectivity index (χ0) is 19.9. The molecule has 0 saturated carbocycles. The van der Waals surface area contributed by atoms with E-state index in [4.69, 9.17) is 4.74 Å². The second-order valence-electron chi connectivity index (χ2n) is 7.83. The lowest BCUT2D eigenvalue weighted by Gasteiger charge is -2.32. The number of piperidine rings is 1. The van der Waals surface area contributed by atoms with E-state index in [9.17, 15) is 4.79 Å². The molecule has 1 atom stereocenters. The lowest BCUT2D eigenvalue weighted by Crippen LogP contribution is -2.32. The molecule has 1 amide bonds. The topological polar surface area (TPSA) is 41.6 Å². The molecule has 1 aliphatic rings. The van der Waals surface area contributed by atoms with Crippen LogP contribution in [0.1, 0.15) is 62.0 Å². The number of carbonyl (C=O) groups excluding carboxylic acids is 1. The number of carbonyl (C=O) groups is 1. The van der Waals surface area contributed by atoms with Crippen molar-refractivity contribution < 1.29 is 9.53 Å². The fraction of sp³-hybridized carbons (Fsp3) is 0.458. The van der Waals surface area contributed by atoms with Gasteiger partial charge in [0, 0.05) is 24.3 Å². The molecule has 2 aromatic carbocycles. The smallest absolute Gasteiger partial charge is 0.251 e. The maximum atomic E-state index is 12.5. The van der Waals surface area contributed by atoms with Gasteiger partial charge in [0.25, 0.3) is 5.91 Å². The summed E-state index contributed by atoms with van der Waals surface area (Å²) in [6.07, 6.45) is 3.49. The molecule has 3 rings (SSSR count). The lowest BCUT2D eigenvalue weighted by atomic mass is 9.98. The van der Waals surface area contributed by atoms with Crippen molar-refractivity contribution in [3.63, 3.8) is 0 Å². The number of amides is 1. The minimum atomic E-state index is -0.0661. The van der Waals surface area contributed by atoms with Crippen LogP contribution in [0.3, 0.4) is 0 Å². The van der Waals surface area contributed by atoms with Crippen LogP contribution in [0.5, 0.6) is 5.75 Å². The van der Waals surface area contributed by atoms with Crippen molar-refractivity contribution in [1.29, 1.82) is 0 Å². The van der Waals surface area contributed by atoms with Crippen molar-refractivity contribution >= 4 is 11.6 Å². The number of nitrogens with one attached hydrogen (secondary N) is 1. The van der Waals surface area contributed by atoms with Crippen LogP contribution in [0.25, 0.3) is 0 Å². The van der Waals surface area contributed by atoms with E-state index in [1.165, 1.54) is 18.5 Å². The summed E-state index contributed by atoms with van der Waals surface area (Å²) in [6.45, 7) is 9.37. The van der Waals surface area contributed by atoms with Crippen LogP contribution in [0.4, 0.5) is 5.69 Å². The molecule has 1 aliphatic heterocycles. The number of benzene rings is 2. The number of anilines is 1. The van der Waals surface area contributed by atoms with Crippen LogP contribution in [0, 0.1) is 5.92 Å². The summed E-state index contributed by atoms with van der Waals surface area (Å²) < 4.78 is 5.57. The number of hydrogen-bond acceptors (Lipinski definition) is 3. The Morgan fingerprint density at radius 2 is 1.75 bits per heavy atom. The highest BCUT2D eigenvalue weighted by Crippen LogP contribution is 2.24. The molecule has 4 heteroatoms. The van der Waals surface area contributed by atoms with Crippen molar-refractivity contribution in [2.45, 2.75) is 46.1 Å². The first-order valence-electron chi connectivity index (χ1n) is 10.5. The van der Waals surface area contributed by atoms with Crippen molar-refractivity contribution in [3.8, 4) is 5.75 Å². The van der Waals surface area contributed by atoms with Crippen LogP contribution in [-0.2, 0) is 0 Å². The largest absolute Gasteiger partial charge is 0.494 e. The molecule has 0 aromatic heterocycles. The van der Waals surface area contributed by atoms with Crippen molar-refractivity contribution in [2.75, 3.05) is 24.6 Å². The molecule has 1 heterocycles. The number of nitrogens with zero attached hydrogens (tertiary/aromatic N) is 1. The minimum absolute atomic E-state index is 0.0426. The monoisotopic (exact) mass is 380 g/mol. The SMILES string of the molecule is CCCOc1ccc(C(=O)N[C@H](C)c2ccc(N3CCC(C)CC3)cc2)cc1. The third kappa shape index (κ3) is 5.28. The van der Waals surface area contributed by atoms with Crippen molar-refractivity contribution in [3.05, 3.63) is 59.7 Å².